The van der Waals surface area contributed by atoms with Gasteiger partial charge in [-0.2, -0.15) is 0 Å². The lowest BCUT2D eigenvalue weighted by molar-refractivity contribution is 0.145. The highest BCUT2D eigenvalue weighted by Crippen LogP contribution is 2.34. The fourth-order valence-electron chi connectivity index (χ4n) is 2.88. The van der Waals surface area contributed by atoms with Gasteiger partial charge in [0.05, 0.1) is 0 Å². The Kier molecular flexibility index (Phi) is 5.94. The molecule has 0 amide bonds. The Morgan fingerprint density at radius 3 is 2.12 bits per heavy atom. The third-order valence-electron chi connectivity index (χ3n) is 3.93. The highest BCUT2D eigenvalue weighted by molar-refractivity contribution is 4.89. The molecule has 0 aromatic carbocycles. The van der Waals surface area contributed by atoms with Crippen LogP contribution in [0.25, 0.3) is 0 Å². The van der Waals surface area contributed by atoms with Crippen molar-refractivity contribution in [3.8, 4) is 0 Å². The van der Waals surface area contributed by atoms with Crippen LogP contribution >= 0.6 is 0 Å². The van der Waals surface area contributed by atoms with Gasteiger partial charge in [0.2, 0.25) is 0 Å². The fraction of sp³-hybridized carbons (Fsp3) is 1.00. The molecule has 1 rings (SSSR count). The van der Waals surface area contributed by atoms with Gasteiger partial charge in [-0.05, 0) is 51.1 Å². The molecule has 0 bridgehead atoms. The van der Waals surface area contributed by atoms with E-state index in [0.29, 0.717) is 6.04 Å². The molecule has 0 aliphatic heterocycles. The molecule has 102 valence electrons. The van der Waals surface area contributed by atoms with Crippen molar-refractivity contribution in [1.82, 2.24) is 10.2 Å². The molecule has 0 radical (unpaired) electrons. The molecular weight excluding hydrogens is 208 g/mol. The molecule has 0 aromatic rings. The van der Waals surface area contributed by atoms with Crippen LogP contribution in [0.2, 0.25) is 0 Å². The molecule has 1 aliphatic carbocycles. The third kappa shape index (κ3) is 5.39. The lowest BCUT2D eigenvalue weighted by Gasteiger charge is -2.41. The first-order valence-corrected chi connectivity index (χ1v) is 7.29. The molecule has 2 nitrogen and oxygen atoms in total. The quantitative estimate of drug-likeness (QED) is 0.736. The molecular formula is C15H32N2. The van der Waals surface area contributed by atoms with Gasteiger partial charge in [0.1, 0.15) is 0 Å². The second-order valence-corrected chi connectivity index (χ2v) is 6.93. The van der Waals surface area contributed by atoms with E-state index in [1.165, 1.54) is 25.8 Å². The van der Waals surface area contributed by atoms with Gasteiger partial charge < -0.3 is 10.2 Å². The van der Waals surface area contributed by atoms with Crippen LogP contribution in [0.4, 0.5) is 0 Å². The summed E-state index contributed by atoms with van der Waals surface area (Å²) in [4.78, 5) is 2.30. The van der Waals surface area contributed by atoms with Crippen LogP contribution in [0.5, 0.6) is 0 Å². The van der Waals surface area contributed by atoms with Gasteiger partial charge in [-0.15, -0.1) is 0 Å². The van der Waals surface area contributed by atoms with Crippen molar-refractivity contribution in [1.29, 1.82) is 0 Å². The number of nitrogens with one attached hydrogen (secondary N) is 1. The van der Waals surface area contributed by atoms with E-state index in [0.717, 1.165) is 23.8 Å². The van der Waals surface area contributed by atoms with Gasteiger partial charge in [-0.1, -0.05) is 27.7 Å². The lowest BCUT2D eigenvalue weighted by atomic mass is 9.73. The lowest BCUT2D eigenvalue weighted by Crippen LogP contribution is -2.50. The maximum Gasteiger partial charge on any atom is 0.0199 e. The summed E-state index contributed by atoms with van der Waals surface area (Å²) in [6, 6.07) is 1.45. The van der Waals surface area contributed by atoms with Gasteiger partial charge in [0, 0.05) is 18.6 Å². The Morgan fingerprint density at radius 1 is 1.12 bits per heavy atom. The van der Waals surface area contributed by atoms with Gasteiger partial charge in [-0.3, -0.25) is 0 Å². The van der Waals surface area contributed by atoms with Crippen LogP contribution in [-0.2, 0) is 0 Å². The molecule has 2 heteroatoms. The van der Waals surface area contributed by atoms with Crippen LogP contribution in [0.1, 0.15) is 47.0 Å². The molecule has 1 N–H and O–H groups in total. The molecule has 0 aromatic heterocycles. The average Bonchev–Trinajstić information content (AvgIpc) is 2.07. The number of likely N-dealkylation sites (N-methyl/N-ethyl adjacent to an activating group) is 1. The van der Waals surface area contributed by atoms with Crippen LogP contribution in [-0.4, -0.2) is 37.6 Å². The topological polar surface area (TPSA) is 15.3 Å². The molecule has 0 spiro atoms. The second kappa shape index (κ2) is 6.75. The first-order chi connectivity index (χ1) is 7.88. The van der Waals surface area contributed by atoms with E-state index in [9.17, 15) is 0 Å². The summed E-state index contributed by atoms with van der Waals surface area (Å²) in [5, 5.41) is 3.86. The van der Waals surface area contributed by atoms with Crippen LogP contribution in [0, 0.1) is 17.8 Å². The Bertz CT molecular complexity index is 195. The summed E-state index contributed by atoms with van der Waals surface area (Å²) in [7, 11) is 4.35. The van der Waals surface area contributed by atoms with Gasteiger partial charge in [-0.25, -0.2) is 0 Å². The first-order valence-electron chi connectivity index (χ1n) is 7.29. The normalized spacial score (nSPS) is 26.6. The molecule has 0 saturated heterocycles. The van der Waals surface area contributed by atoms with Crippen molar-refractivity contribution < 1.29 is 0 Å². The molecule has 1 fully saturated rings. The van der Waals surface area contributed by atoms with E-state index >= 15 is 0 Å². The summed E-state index contributed by atoms with van der Waals surface area (Å²) >= 11 is 0. The Hall–Kier alpha value is -0.0800. The number of hydrogen-bond acceptors (Lipinski definition) is 2. The van der Waals surface area contributed by atoms with Gasteiger partial charge >= 0.3 is 0 Å². The first kappa shape index (κ1) is 15.0. The van der Waals surface area contributed by atoms with E-state index in [-0.39, 0.29) is 0 Å². The fourth-order valence-corrected chi connectivity index (χ4v) is 2.88. The van der Waals surface area contributed by atoms with Crippen LogP contribution in [0.15, 0.2) is 0 Å². The second-order valence-electron chi connectivity index (χ2n) is 6.93. The highest BCUT2D eigenvalue weighted by Gasteiger charge is 2.32. The van der Waals surface area contributed by atoms with Crippen molar-refractivity contribution in [2.24, 2.45) is 17.8 Å². The summed E-state index contributed by atoms with van der Waals surface area (Å²) in [5.74, 6) is 2.62. The molecule has 17 heavy (non-hydrogen) atoms. The minimum atomic E-state index is 0.670. The molecule has 1 unspecified atom stereocenters. The van der Waals surface area contributed by atoms with E-state index in [1.807, 2.05) is 0 Å². The van der Waals surface area contributed by atoms with E-state index in [1.54, 1.807) is 0 Å². The predicted molar refractivity (Wildman–Crippen MR) is 76.3 cm³/mol. The Balaban J connectivity index is 2.29. The van der Waals surface area contributed by atoms with Crippen molar-refractivity contribution in [2.75, 3.05) is 20.6 Å². The monoisotopic (exact) mass is 240 g/mol. The van der Waals surface area contributed by atoms with Crippen molar-refractivity contribution >= 4 is 0 Å². The van der Waals surface area contributed by atoms with E-state index in [2.05, 4.69) is 52.0 Å². The summed E-state index contributed by atoms with van der Waals surface area (Å²) < 4.78 is 0. The summed E-state index contributed by atoms with van der Waals surface area (Å²) in [5.41, 5.74) is 0. The molecule has 1 aliphatic rings. The number of hydrogen-bond donors (Lipinski definition) is 1. The number of nitrogens with zero attached hydrogens (tertiary/aromatic N) is 1. The average molecular weight is 240 g/mol. The predicted octanol–water partition coefficient (Wildman–Crippen LogP) is 2.99. The number of rotatable bonds is 7. The molecule has 1 atom stereocenters. The van der Waals surface area contributed by atoms with Gasteiger partial charge in [0.15, 0.2) is 0 Å². The van der Waals surface area contributed by atoms with Crippen molar-refractivity contribution in [3.63, 3.8) is 0 Å². The largest absolute Gasteiger partial charge is 0.310 e. The van der Waals surface area contributed by atoms with E-state index < -0.39 is 0 Å². The standard InChI is InChI=1S/C15H32N2/c1-11(2)7-15(10-17(5)6)16-14-8-13(9-14)12(3)4/h11-16H,7-10H2,1-6H3. The molecule has 1 saturated carbocycles. The summed E-state index contributed by atoms with van der Waals surface area (Å²) in [6.07, 6.45) is 4.07. The maximum atomic E-state index is 3.86. The Labute approximate surface area is 108 Å². The third-order valence-corrected chi connectivity index (χ3v) is 3.93. The maximum absolute atomic E-state index is 3.86. The highest BCUT2D eigenvalue weighted by atomic mass is 15.1. The van der Waals surface area contributed by atoms with Crippen molar-refractivity contribution in [2.45, 2.75) is 59.0 Å². The van der Waals surface area contributed by atoms with Crippen LogP contribution < -0.4 is 5.32 Å². The summed E-state index contributed by atoms with van der Waals surface area (Å²) in [6.45, 7) is 10.5. The zero-order valence-electron chi connectivity index (χ0n) is 12.7. The SMILES string of the molecule is CC(C)CC(CN(C)C)NC1CC(C(C)C)C1. The van der Waals surface area contributed by atoms with E-state index in [4.69, 9.17) is 0 Å². The zero-order valence-corrected chi connectivity index (χ0v) is 12.7. The smallest absolute Gasteiger partial charge is 0.0199 e. The van der Waals surface area contributed by atoms with Crippen LogP contribution in [0.3, 0.4) is 0 Å². The zero-order chi connectivity index (χ0) is 13.0. The molecule has 0 heterocycles. The minimum absolute atomic E-state index is 0.670. The Morgan fingerprint density at radius 2 is 1.71 bits per heavy atom. The van der Waals surface area contributed by atoms with Crippen molar-refractivity contribution in [3.05, 3.63) is 0 Å². The minimum Gasteiger partial charge on any atom is -0.310 e. The van der Waals surface area contributed by atoms with Gasteiger partial charge in [0.25, 0.3) is 0 Å².